The number of anilines is 2. The Morgan fingerprint density at radius 3 is 2.71 bits per heavy atom. The third kappa shape index (κ3) is 1.76. The molecule has 0 amide bonds. The summed E-state index contributed by atoms with van der Waals surface area (Å²) in [5.74, 6) is 1.41. The number of nitrogens with two attached hydrogens (primary N) is 1. The molecule has 1 saturated heterocycles. The van der Waals surface area contributed by atoms with Crippen molar-refractivity contribution in [3.05, 3.63) is 9.24 Å². The molecule has 14 heavy (non-hydrogen) atoms. The minimum Gasteiger partial charge on any atom is -0.384 e. The Morgan fingerprint density at radius 2 is 2.07 bits per heavy atom. The van der Waals surface area contributed by atoms with Crippen molar-refractivity contribution in [2.24, 2.45) is 0 Å². The van der Waals surface area contributed by atoms with E-state index in [1.54, 1.807) is 0 Å². The molecule has 0 saturated carbocycles. The normalized spacial score (nSPS) is 16.2. The Balaban J connectivity index is 2.45. The summed E-state index contributed by atoms with van der Waals surface area (Å²) in [5, 5.41) is 0. The molecule has 0 aliphatic carbocycles. The molecule has 0 bridgehead atoms. The maximum atomic E-state index is 5.75. The van der Waals surface area contributed by atoms with Crippen molar-refractivity contribution in [3.8, 4) is 0 Å². The Labute approximate surface area is 95.7 Å². The maximum absolute atomic E-state index is 5.75. The number of hydrogen-bond donors (Lipinski definition) is 2. The molecule has 2 rings (SSSR count). The lowest BCUT2D eigenvalue weighted by Gasteiger charge is -2.18. The molecule has 0 atom stereocenters. The minimum atomic E-state index is 0.438. The number of aromatic nitrogens is 2. The summed E-state index contributed by atoms with van der Waals surface area (Å²) in [6.45, 7) is 2.06. The van der Waals surface area contributed by atoms with Crippen molar-refractivity contribution in [2.75, 3.05) is 23.7 Å². The number of hydrogen-bond acceptors (Lipinski definition) is 4. The van der Waals surface area contributed by atoms with Crippen molar-refractivity contribution < 1.29 is 0 Å². The Kier molecular flexibility index (Phi) is 2.73. The van der Waals surface area contributed by atoms with E-state index in [4.69, 9.17) is 18.0 Å². The SMILES string of the molecule is Nc1[nH]c(=S)nc(N2CCCC2)c1Br. The lowest BCUT2D eigenvalue weighted by molar-refractivity contribution is 0.918. The van der Waals surface area contributed by atoms with Gasteiger partial charge in [0.25, 0.3) is 0 Å². The second-order valence-electron chi connectivity index (χ2n) is 3.29. The van der Waals surface area contributed by atoms with Gasteiger partial charge in [0.15, 0.2) is 4.77 Å². The average molecular weight is 275 g/mol. The van der Waals surface area contributed by atoms with Crippen LogP contribution in [0.4, 0.5) is 11.6 Å². The monoisotopic (exact) mass is 274 g/mol. The molecule has 4 nitrogen and oxygen atoms in total. The highest BCUT2D eigenvalue weighted by molar-refractivity contribution is 9.10. The summed E-state index contributed by atoms with van der Waals surface area (Å²) < 4.78 is 1.25. The van der Waals surface area contributed by atoms with Gasteiger partial charge in [0.1, 0.15) is 16.1 Å². The summed E-state index contributed by atoms with van der Waals surface area (Å²) in [6, 6.07) is 0. The van der Waals surface area contributed by atoms with Gasteiger partial charge >= 0.3 is 0 Å². The topological polar surface area (TPSA) is 57.9 Å². The summed E-state index contributed by atoms with van der Waals surface area (Å²) >= 11 is 8.41. The number of nitrogens with zero attached hydrogens (tertiary/aromatic N) is 2. The van der Waals surface area contributed by atoms with Crippen LogP contribution in [-0.2, 0) is 0 Å². The van der Waals surface area contributed by atoms with Crippen molar-refractivity contribution in [1.29, 1.82) is 0 Å². The van der Waals surface area contributed by atoms with E-state index >= 15 is 0 Å². The fraction of sp³-hybridized carbons (Fsp3) is 0.500. The summed E-state index contributed by atoms with van der Waals surface area (Å²) in [6.07, 6.45) is 2.42. The number of halogens is 1. The zero-order chi connectivity index (χ0) is 10.1. The van der Waals surface area contributed by atoms with Crippen LogP contribution in [0.1, 0.15) is 12.8 Å². The van der Waals surface area contributed by atoms with E-state index < -0.39 is 0 Å². The Morgan fingerprint density at radius 1 is 1.43 bits per heavy atom. The van der Waals surface area contributed by atoms with E-state index in [0.717, 1.165) is 23.4 Å². The van der Waals surface area contributed by atoms with Gasteiger partial charge in [-0.15, -0.1) is 0 Å². The number of H-pyrrole nitrogens is 1. The van der Waals surface area contributed by atoms with Crippen molar-refractivity contribution in [2.45, 2.75) is 12.8 Å². The fourth-order valence-corrected chi connectivity index (χ4v) is 2.24. The van der Waals surface area contributed by atoms with Crippen LogP contribution in [-0.4, -0.2) is 23.1 Å². The van der Waals surface area contributed by atoms with Crippen molar-refractivity contribution in [1.82, 2.24) is 9.97 Å². The van der Waals surface area contributed by atoms with Gasteiger partial charge in [0, 0.05) is 13.1 Å². The number of nitrogen functional groups attached to an aromatic ring is 1. The molecule has 76 valence electrons. The summed E-state index contributed by atoms with van der Waals surface area (Å²) in [5.41, 5.74) is 5.75. The van der Waals surface area contributed by atoms with Gasteiger partial charge in [0.2, 0.25) is 0 Å². The molecule has 0 aromatic carbocycles. The van der Waals surface area contributed by atoms with Crippen LogP contribution in [0, 0.1) is 4.77 Å². The molecule has 2 heterocycles. The zero-order valence-electron chi connectivity index (χ0n) is 7.59. The molecule has 6 heteroatoms. The first kappa shape index (κ1) is 9.92. The third-order valence-electron chi connectivity index (χ3n) is 2.29. The predicted molar refractivity (Wildman–Crippen MR) is 63.0 cm³/mol. The van der Waals surface area contributed by atoms with Crippen LogP contribution < -0.4 is 10.6 Å². The lowest BCUT2D eigenvalue weighted by Crippen LogP contribution is -2.20. The molecule has 0 radical (unpaired) electrons. The van der Waals surface area contributed by atoms with Gasteiger partial charge in [0.05, 0.1) is 0 Å². The molecule has 0 spiro atoms. The lowest BCUT2D eigenvalue weighted by atomic mass is 10.4. The van der Waals surface area contributed by atoms with E-state index in [1.165, 1.54) is 12.8 Å². The standard InChI is InChI=1S/C8H11BrN4S/c9-5-6(10)11-8(14)12-7(5)13-3-1-2-4-13/h1-4H2,(H3,10,11,12,14). The molecular formula is C8H11BrN4S. The third-order valence-corrected chi connectivity index (χ3v) is 3.26. The van der Waals surface area contributed by atoms with Gasteiger partial charge in [-0.2, -0.15) is 0 Å². The van der Waals surface area contributed by atoms with E-state index in [1.807, 2.05) is 0 Å². The van der Waals surface area contributed by atoms with Crippen LogP contribution in [0.15, 0.2) is 4.47 Å². The van der Waals surface area contributed by atoms with Crippen molar-refractivity contribution in [3.63, 3.8) is 0 Å². The fourth-order valence-electron chi connectivity index (χ4n) is 1.60. The maximum Gasteiger partial charge on any atom is 0.200 e. The van der Waals surface area contributed by atoms with E-state index in [-0.39, 0.29) is 0 Å². The van der Waals surface area contributed by atoms with Gasteiger partial charge in [-0.1, -0.05) is 0 Å². The molecule has 1 aliphatic heterocycles. The molecule has 0 unspecified atom stereocenters. The smallest absolute Gasteiger partial charge is 0.200 e. The first-order chi connectivity index (χ1) is 6.68. The summed E-state index contributed by atoms with van der Waals surface area (Å²) in [7, 11) is 0. The quantitative estimate of drug-likeness (QED) is 0.770. The molecule has 1 aromatic rings. The first-order valence-corrected chi connectivity index (χ1v) is 5.69. The second kappa shape index (κ2) is 3.86. The van der Waals surface area contributed by atoms with Crippen LogP contribution in [0.3, 0.4) is 0 Å². The Bertz CT molecular complexity index is 397. The number of rotatable bonds is 1. The predicted octanol–water partition coefficient (Wildman–Crippen LogP) is 2.08. The van der Waals surface area contributed by atoms with Gasteiger partial charge in [-0.3, -0.25) is 0 Å². The largest absolute Gasteiger partial charge is 0.384 e. The Hall–Kier alpha value is -0.620. The highest BCUT2D eigenvalue weighted by Crippen LogP contribution is 2.29. The molecule has 3 N–H and O–H groups in total. The average Bonchev–Trinajstić information content (AvgIpc) is 2.63. The van der Waals surface area contributed by atoms with Crippen LogP contribution >= 0.6 is 28.1 Å². The minimum absolute atomic E-state index is 0.438. The number of aromatic amines is 1. The molecule has 1 fully saturated rings. The zero-order valence-corrected chi connectivity index (χ0v) is 9.99. The van der Waals surface area contributed by atoms with Gasteiger partial charge in [-0.25, -0.2) is 4.98 Å². The van der Waals surface area contributed by atoms with Gasteiger partial charge in [-0.05, 0) is 41.0 Å². The number of nitrogens with one attached hydrogen (secondary N) is 1. The summed E-state index contributed by atoms with van der Waals surface area (Å²) in [4.78, 5) is 9.28. The van der Waals surface area contributed by atoms with E-state index in [9.17, 15) is 0 Å². The molecule has 1 aliphatic rings. The van der Waals surface area contributed by atoms with Crippen molar-refractivity contribution >= 4 is 39.8 Å². The molecular weight excluding hydrogens is 264 g/mol. The molecule has 1 aromatic heterocycles. The van der Waals surface area contributed by atoms with E-state index in [2.05, 4.69) is 30.8 Å². The second-order valence-corrected chi connectivity index (χ2v) is 4.47. The van der Waals surface area contributed by atoms with Crippen LogP contribution in [0.5, 0.6) is 0 Å². The van der Waals surface area contributed by atoms with Crippen LogP contribution in [0.2, 0.25) is 0 Å². The van der Waals surface area contributed by atoms with Crippen LogP contribution in [0.25, 0.3) is 0 Å². The van der Waals surface area contributed by atoms with Gasteiger partial charge < -0.3 is 15.6 Å². The first-order valence-electron chi connectivity index (χ1n) is 4.49. The highest BCUT2D eigenvalue weighted by atomic mass is 79.9. The highest BCUT2D eigenvalue weighted by Gasteiger charge is 2.17. The van der Waals surface area contributed by atoms with E-state index in [0.29, 0.717) is 10.6 Å².